The quantitative estimate of drug-likeness (QED) is 0.467. The van der Waals surface area contributed by atoms with Crippen molar-refractivity contribution in [1.82, 2.24) is 30.3 Å². The summed E-state index contributed by atoms with van der Waals surface area (Å²) in [4.78, 5) is 15.1. The van der Waals surface area contributed by atoms with Gasteiger partial charge in [-0.2, -0.15) is 0 Å². The molecular formula is C26H26ClF3N6O3. The van der Waals surface area contributed by atoms with Crippen LogP contribution in [0, 0.1) is 6.92 Å². The summed E-state index contributed by atoms with van der Waals surface area (Å²) < 4.78 is 50.5. The minimum absolute atomic E-state index is 0.374. The average molecular weight is 563 g/mol. The van der Waals surface area contributed by atoms with Crippen molar-refractivity contribution < 1.29 is 27.4 Å². The molecule has 0 spiro atoms. The zero-order chi connectivity index (χ0) is 27.6. The molecule has 39 heavy (non-hydrogen) atoms. The lowest BCUT2D eigenvalue weighted by Crippen LogP contribution is -2.44. The van der Waals surface area contributed by atoms with Gasteiger partial charge in [-0.05, 0) is 54.5 Å². The van der Waals surface area contributed by atoms with Gasteiger partial charge in [-0.1, -0.05) is 23.7 Å². The number of urea groups is 1. The van der Waals surface area contributed by atoms with E-state index in [2.05, 4.69) is 30.5 Å². The molecule has 0 saturated carbocycles. The first kappa shape index (κ1) is 27.0. The highest BCUT2D eigenvalue weighted by Gasteiger charge is 2.33. The Morgan fingerprint density at radius 3 is 2.62 bits per heavy atom. The summed E-state index contributed by atoms with van der Waals surface area (Å²) in [5.41, 5.74) is 2.24. The summed E-state index contributed by atoms with van der Waals surface area (Å²) in [5, 5.41) is 14.8. The summed E-state index contributed by atoms with van der Waals surface area (Å²) in [5.74, 6) is 0.534. The van der Waals surface area contributed by atoms with Crippen molar-refractivity contribution in [2.24, 2.45) is 0 Å². The number of hydrogen-bond donors (Lipinski definition) is 2. The van der Waals surface area contributed by atoms with Crippen molar-refractivity contribution in [3.05, 3.63) is 76.3 Å². The molecule has 5 rings (SSSR count). The minimum atomic E-state index is -4.86. The van der Waals surface area contributed by atoms with E-state index in [1.807, 2.05) is 0 Å². The Labute approximate surface area is 227 Å². The molecule has 0 unspecified atom stereocenters. The number of benzene rings is 2. The molecule has 0 radical (unpaired) electrons. The van der Waals surface area contributed by atoms with Crippen molar-refractivity contribution in [3.63, 3.8) is 0 Å². The van der Waals surface area contributed by atoms with Gasteiger partial charge in [-0.25, -0.2) is 4.79 Å². The number of halogens is 4. The lowest BCUT2D eigenvalue weighted by atomic mass is 9.95. The van der Waals surface area contributed by atoms with Crippen LogP contribution < -0.4 is 15.4 Å². The molecule has 1 saturated heterocycles. The number of nitrogens with one attached hydrogen (secondary N) is 2. The molecule has 3 aromatic rings. The molecule has 2 amide bonds. The van der Waals surface area contributed by atoms with E-state index in [-0.39, 0.29) is 5.75 Å². The maximum Gasteiger partial charge on any atom is 0.573 e. The highest BCUT2D eigenvalue weighted by molar-refractivity contribution is 6.30. The number of carbonyl (C=O) groups is 1. The van der Waals surface area contributed by atoms with Crippen LogP contribution in [0.15, 0.2) is 48.5 Å². The lowest BCUT2D eigenvalue weighted by Gasteiger charge is -2.26. The molecule has 0 bridgehead atoms. The van der Waals surface area contributed by atoms with Crippen LogP contribution in [-0.2, 0) is 4.74 Å². The highest BCUT2D eigenvalue weighted by atomic mass is 35.5. The maximum atomic E-state index is 13.1. The van der Waals surface area contributed by atoms with E-state index in [0.717, 1.165) is 13.1 Å². The Morgan fingerprint density at radius 2 is 1.90 bits per heavy atom. The number of morpholine rings is 1. The molecular weight excluding hydrogens is 537 g/mol. The van der Waals surface area contributed by atoms with Crippen molar-refractivity contribution in [2.75, 3.05) is 39.4 Å². The molecule has 1 fully saturated rings. The van der Waals surface area contributed by atoms with Gasteiger partial charge >= 0.3 is 12.4 Å². The molecule has 2 aliphatic rings. The van der Waals surface area contributed by atoms with Crippen molar-refractivity contribution in [2.45, 2.75) is 19.3 Å². The number of carbonyl (C=O) groups excluding carboxylic acids is 1. The predicted octanol–water partition coefficient (Wildman–Crippen LogP) is 4.25. The van der Waals surface area contributed by atoms with Crippen molar-refractivity contribution in [3.8, 4) is 11.4 Å². The van der Waals surface area contributed by atoms with E-state index in [9.17, 15) is 18.0 Å². The summed E-state index contributed by atoms with van der Waals surface area (Å²) in [6.45, 7) is 5.77. The standard InChI is InChI=1S/C26H26ClF3N6O3/c1-16-33-34-24-22(32-25(37)31-8-9-35-10-12-38-13-11-35)15-20(17-2-4-18(27)5-3-17)21-14-19(39-26(28,29)30)6-7-23(21)36(16)24/h2-7,14-15,22H,8-13H2,1H3,(H2,31,32,37)/t22-/m1/s1. The van der Waals surface area contributed by atoms with Gasteiger partial charge in [-0.3, -0.25) is 9.47 Å². The molecule has 3 heterocycles. The fourth-order valence-electron chi connectivity index (χ4n) is 4.66. The van der Waals surface area contributed by atoms with Gasteiger partial charge in [0, 0.05) is 36.8 Å². The molecule has 1 atom stereocenters. The first-order valence-electron chi connectivity index (χ1n) is 12.3. The average Bonchev–Trinajstić information content (AvgIpc) is 3.21. The summed E-state index contributed by atoms with van der Waals surface area (Å²) >= 11 is 6.10. The Kier molecular flexibility index (Phi) is 7.78. The van der Waals surface area contributed by atoms with Crippen LogP contribution >= 0.6 is 11.6 Å². The number of amides is 2. The monoisotopic (exact) mass is 562 g/mol. The topological polar surface area (TPSA) is 93.5 Å². The third kappa shape index (κ3) is 6.35. The Hall–Kier alpha value is -3.61. The minimum Gasteiger partial charge on any atom is -0.406 e. The van der Waals surface area contributed by atoms with E-state index in [1.54, 1.807) is 41.8 Å². The van der Waals surface area contributed by atoms with E-state index < -0.39 is 18.4 Å². The van der Waals surface area contributed by atoms with Gasteiger partial charge in [0.15, 0.2) is 5.82 Å². The van der Waals surface area contributed by atoms with Crippen LogP contribution in [0.2, 0.25) is 5.02 Å². The molecule has 9 nitrogen and oxygen atoms in total. The van der Waals surface area contributed by atoms with Crippen LogP contribution in [0.1, 0.15) is 28.8 Å². The van der Waals surface area contributed by atoms with E-state index in [0.29, 0.717) is 65.4 Å². The number of aryl methyl sites for hydroxylation is 1. The van der Waals surface area contributed by atoms with Crippen LogP contribution in [0.4, 0.5) is 18.0 Å². The van der Waals surface area contributed by atoms with Gasteiger partial charge < -0.3 is 20.1 Å². The fraction of sp³-hybridized carbons (Fsp3) is 0.346. The van der Waals surface area contributed by atoms with Crippen LogP contribution in [0.25, 0.3) is 11.3 Å². The van der Waals surface area contributed by atoms with Crippen LogP contribution in [0.3, 0.4) is 0 Å². The Morgan fingerprint density at radius 1 is 1.15 bits per heavy atom. The second kappa shape index (κ2) is 11.2. The number of rotatable bonds is 6. The zero-order valence-electron chi connectivity index (χ0n) is 21.0. The zero-order valence-corrected chi connectivity index (χ0v) is 21.7. The SMILES string of the molecule is Cc1nnc2n1-c1ccc(OC(F)(F)F)cc1C(c1ccc(Cl)cc1)=C[C@H]2NC(=O)NCCN1CCOCC1. The van der Waals surface area contributed by atoms with Gasteiger partial charge in [0.05, 0.1) is 18.9 Å². The first-order chi connectivity index (χ1) is 18.7. The fourth-order valence-corrected chi connectivity index (χ4v) is 4.79. The van der Waals surface area contributed by atoms with Crippen LogP contribution in [0.5, 0.6) is 5.75 Å². The second-order valence-corrected chi connectivity index (χ2v) is 9.52. The van der Waals surface area contributed by atoms with E-state index in [1.165, 1.54) is 18.2 Å². The van der Waals surface area contributed by atoms with Gasteiger partial charge in [0.25, 0.3) is 0 Å². The first-order valence-corrected chi connectivity index (χ1v) is 12.7. The number of nitrogens with zero attached hydrogens (tertiary/aromatic N) is 4. The molecule has 0 aliphatic carbocycles. The Balaban J connectivity index is 1.50. The Bertz CT molecular complexity index is 1370. The summed E-state index contributed by atoms with van der Waals surface area (Å²) in [6.07, 6.45) is -3.11. The molecule has 2 N–H and O–H groups in total. The van der Waals surface area contributed by atoms with Gasteiger partial charge in [0.1, 0.15) is 17.6 Å². The van der Waals surface area contributed by atoms with Gasteiger partial charge in [-0.15, -0.1) is 23.4 Å². The van der Waals surface area contributed by atoms with Gasteiger partial charge in [0.2, 0.25) is 0 Å². The van der Waals surface area contributed by atoms with Crippen molar-refractivity contribution in [1.29, 1.82) is 0 Å². The molecule has 13 heteroatoms. The van der Waals surface area contributed by atoms with Crippen molar-refractivity contribution >= 4 is 23.2 Å². The highest BCUT2D eigenvalue weighted by Crippen LogP contribution is 2.39. The molecule has 1 aromatic heterocycles. The normalized spacial score (nSPS) is 17.5. The number of hydrogen-bond acceptors (Lipinski definition) is 6. The van der Waals surface area contributed by atoms with Crippen LogP contribution in [-0.4, -0.2) is 71.5 Å². The summed E-state index contributed by atoms with van der Waals surface area (Å²) in [6, 6.07) is 9.79. The lowest BCUT2D eigenvalue weighted by molar-refractivity contribution is -0.274. The van der Waals surface area contributed by atoms with E-state index in [4.69, 9.17) is 16.3 Å². The molecule has 2 aromatic carbocycles. The molecule has 206 valence electrons. The molecule has 2 aliphatic heterocycles. The number of aromatic nitrogens is 3. The predicted molar refractivity (Wildman–Crippen MR) is 138 cm³/mol. The maximum absolute atomic E-state index is 13.1. The van der Waals surface area contributed by atoms with E-state index >= 15 is 0 Å². The summed E-state index contributed by atoms with van der Waals surface area (Å²) in [7, 11) is 0. The number of fused-ring (bicyclic) bond motifs is 3. The smallest absolute Gasteiger partial charge is 0.406 e. The third-order valence-corrected chi connectivity index (χ3v) is 6.71. The number of ether oxygens (including phenoxy) is 2. The largest absolute Gasteiger partial charge is 0.573 e. The second-order valence-electron chi connectivity index (χ2n) is 9.09. The number of alkyl halides is 3. The third-order valence-electron chi connectivity index (χ3n) is 6.45.